The van der Waals surface area contributed by atoms with Gasteiger partial charge in [-0.15, -0.1) is 0 Å². The van der Waals surface area contributed by atoms with E-state index in [-0.39, 0.29) is 6.09 Å². The number of hydrogen-bond donors (Lipinski definition) is 0. The first kappa shape index (κ1) is 21.4. The summed E-state index contributed by atoms with van der Waals surface area (Å²) in [6.07, 6.45) is 0.685. The van der Waals surface area contributed by atoms with Gasteiger partial charge in [-0.1, -0.05) is 12.1 Å². The van der Waals surface area contributed by atoms with Gasteiger partial charge in [-0.2, -0.15) is 11.8 Å². The molecule has 2 aromatic carbocycles. The summed E-state index contributed by atoms with van der Waals surface area (Å²) in [6, 6.07) is 15.7. The maximum atomic E-state index is 12.3. The molecule has 29 heavy (non-hydrogen) atoms. The van der Waals surface area contributed by atoms with Crippen LogP contribution in [0.2, 0.25) is 0 Å². The normalized spacial score (nSPS) is 17.4. The van der Waals surface area contributed by atoms with E-state index in [1.807, 2.05) is 73.8 Å². The molecule has 0 spiro atoms. The largest absolute Gasteiger partial charge is 0.497 e. The van der Waals surface area contributed by atoms with Crippen LogP contribution in [0.25, 0.3) is 0 Å². The number of methoxy groups -OCH3 is 1. The van der Waals surface area contributed by atoms with Gasteiger partial charge in [-0.25, -0.2) is 4.79 Å². The first-order valence-electron chi connectivity index (χ1n) is 9.85. The molecular formula is C23H29NO4S. The van der Waals surface area contributed by atoms with Crippen molar-refractivity contribution in [1.29, 1.82) is 0 Å². The second-order valence-corrected chi connectivity index (χ2v) is 9.27. The molecule has 1 unspecified atom stereocenters. The maximum Gasteiger partial charge on any atom is 0.410 e. The summed E-state index contributed by atoms with van der Waals surface area (Å²) in [4.78, 5) is 14.2. The van der Waals surface area contributed by atoms with E-state index < -0.39 is 5.60 Å². The van der Waals surface area contributed by atoms with Crippen LogP contribution in [-0.4, -0.2) is 42.5 Å². The Kier molecular flexibility index (Phi) is 6.96. The molecule has 1 amide bonds. The molecule has 0 aliphatic carbocycles. The molecule has 0 bridgehead atoms. The molecule has 0 N–H and O–H groups in total. The third kappa shape index (κ3) is 6.32. The summed E-state index contributed by atoms with van der Waals surface area (Å²) in [5, 5.41) is 0.359. The predicted octanol–water partition coefficient (Wildman–Crippen LogP) is 5.90. The highest BCUT2D eigenvalue weighted by Crippen LogP contribution is 2.36. The minimum Gasteiger partial charge on any atom is -0.497 e. The molecule has 1 heterocycles. The summed E-state index contributed by atoms with van der Waals surface area (Å²) in [7, 11) is 1.65. The second-order valence-electron chi connectivity index (χ2n) is 7.96. The van der Waals surface area contributed by atoms with Crippen LogP contribution in [0, 0.1) is 0 Å². The summed E-state index contributed by atoms with van der Waals surface area (Å²) in [6.45, 7) is 7.12. The number of carbonyl (C=O) groups is 1. The molecule has 3 rings (SSSR count). The van der Waals surface area contributed by atoms with Gasteiger partial charge in [-0.05, 0) is 69.2 Å². The van der Waals surface area contributed by atoms with Crippen molar-refractivity contribution in [2.75, 3.05) is 26.0 Å². The molecular weight excluding hydrogens is 386 g/mol. The Morgan fingerprint density at radius 2 is 1.55 bits per heavy atom. The number of thioether (sulfide) groups is 1. The zero-order chi connectivity index (χ0) is 20.9. The molecule has 156 valence electrons. The molecule has 6 heteroatoms. The minimum atomic E-state index is -0.463. The van der Waals surface area contributed by atoms with Gasteiger partial charge in [-0.3, -0.25) is 0 Å². The standard InChI is InChI=1S/C23H29NO4S/c1-23(2,3)28-22(25)24-14-13-21(29-16-15-24)17-5-7-19(8-6-17)27-20-11-9-18(26-4)10-12-20/h5-12,21H,13-16H2,1-4H3. The lowest BCUT2D eigenvalue weighted by Crippen LogP contribution is -2.38. The molecule has 1 fully saturated rings. The number of hydrogen-bond acceptors (Lipinski definition) is 5. The van der Waals surface area contributed by atoms with E-state index in [2.05, 4.69) is 12.1 Å². The SMILES string of the molecule is COc1ccc(Oc2ccc(C3CCN(C(=O)OC(C)(C)C)CCS3)cc2)cc1. The monoisotopic (exact) mass is 415 g/mol. The number of benzene rings is 2. The van der Waals surface area contributed by atoms with Crippen molar-refractivity contribution in [3.63, 3.8) is 0 Å². The molecule has 5 nitrogen and oxygen atoms in total. The van der Waals surface area contributed by atoms with Crippen LogP contribution < -0.4 is 9.47 Å². The van der Waals surface area contributed by atoms with Gasteiger partial charge in [0, 0.05) is 24.1 Å². The average molecular weight is 416 g/mol. The van der Waals surface area contributed by atoms with Crippen molar-refractivity contribution >= 4 is 17.9 Å². The lowest BCUT2D eigenvalue weighted by atomic mass is 10.1. The average Bonchev–Trinajstić information content (AvgIpc) is 2.94. The topological polar surface area (TPSA) is 48.0 Å². The Hall–Kier alpha value is -2.34. The molecule has 1 atom stereocenters. The van der Waals surface area contributed by atoms with Crippen molar-refractivity contribution in [1.82, 2.24) is 4.90 Å². The minimum absolute atomic E-state index is 0.220. The first-order chi connectivity index (χ1) is 13.8. The van der Waals surface area contributed by atoms with E-state index in [0.29, 0.717) is 11.8 Å². The number of amides is 1. The van der Waals surface area contributed by atoms with Gasteiger partial charge in [0.1, 0.15) is 22.8 Å². The van der Waals surface area contributed by atoms with Crippen LogP contribution in [0.3, 0.4) is 0 Å². The molecule has 2 aromatic rings. The van der Waals surface area contributed by atoms with Crippen molar-refractivity contribution in [2.45, 2.75) is 38.0 Å². The highest BCUT2D eigenvalue weighted by atomic mass is 32.2. The third-order valence-electron chi connectivity index (χ3n) is 4.54. The van der Waals surface area contributed by atoms with Crippen molar-refractivity contribution in [2.24, 2.45) is 0 Å². The summed E-state index contributed by atoms with van der Waals surface area (Å²) >= 11 is 1.89. The fraction of sp³-hybridized carbons (Fsp3) is 0.435. The van der Waals surface area contributed by atoms with Gasteiger partial charge < -0.3 is 19.1 Å². The summed E-state index contributed by atoms with van der Waals surface area (Å²) < 4.78 is 16.6. The van der Waals surface area contributed by atoms with Crippen molar-refractivity contribution in [3.05, 3.63) is 54.1 Å². The zero-order valence-electron chi connectivity index (χ0n) is 17.5. The smallest absolute Gasteiger partial charge is 0.410 e. The Morgan fingerprint density at radius 3 is 2.14 bits per heavy atom. The van der Waals surface area contributed by atoms with Gasteiger partial charge in [0.05, 0.1) is 7.11 Å². The maximum absolute atomic E-state index is 12.3. The van der Waals surface area contributed by atoms with Crippen LogP contribution >= 0.6 is 11.8 Å². The fourth-order valence-corrected chi connectivity index (χ4v) is 4.31. The number of carbonyl (C=O) groups excluding carboxylic acids is 1. The molecule has 0 aromatic heterocycles. The van der Waals surface area contributed by atoms with E-state index in [1.165, 1.54) is 5.56 Å². The van der Waals surface area contributed by atoms with Crippen LogP contribution in [-0.2, 0) is 4.74 Å². The Balaban J connectivity index is 1.57. The lowest BCUT2D eigenvalue weighted by Gasteiger charge is -2.26. The quantitative estimate of drug-likeness (QED) is 0.622. The Labute approximate surface area is 177 Å². The van der Waals surface area contributed by atoms with Gasteiger partial charge >= 0.3 is 6.09 Å². The Morgan fingerprint density at radius 1 is 0.966 bits per heavy atom. The van der Waals surface area contributed by atoms with Gasteiger partial charge in [0.25, 0.3) is 0 Å². The van der Waals surface area contributed by atoms with E-state index in [9.17, 15) is 4.79 Å². The Bertz CT molecular complexity index is 799. The van der Waals surface area contributed by atoms with E-state index in [4.69, 9.17) is 14.2 Å². The molecule has 1 aliphatic heterocycles. The van der Waals surface area contributed by atoms with Gasteiger partial charge in [0.15, 0.2) is 0 Å². The summed E-state index contributed by atoms with van der Waals surface area (Å²) in [5.41, 5.74) is 0.790. The van der Waals surface area contributed by atoms with Gasteiger partial charge in [0.2, 0.25) is 0 Å². The molecule has 1 saturated heterocycles. The van der Waals surface area contributed by atoms with Crippen LogP contribution in [0.5, 0.6) is 17.2 Å². The van der Waals surface area contributed by atoms with Crippen LogP contribution in [0.4, 0.5) is 4.79 Å². The number of nitrogens with zero attached hydrogens (tertiary/aromatic N) is 1. The van der Waals surface area contributed by atoms with E-state index >= 15 is 0 Å². The second kappa shape index (κ2) is 9.44. The first-order valence-corrected chi connectivity index (χ1v) is 10.9. The van der Waals surface area contributed by atoms with Crippen molar-refractivity contribution in [3.8, 4) is 17.2 Å². The molecule has 1 aliphatic rings. The van der Waals surface area contributed by atoms with E-state index in [0.717, 1.165) is 36.0 Å². The highest BCUT2D eigenvalue weighted by molar-refractivity contribution is 7.99. The zero-order valence-corrected chi connectivity index (χ0v) is 18.3. The number of ether oxygens (including phenoxy) is 3. The number of rotatable bonds is 4. The predicted molar refractivity (Wildman–Crippen MR) is 117 cm³/mol. The highest BCUT2D eigenvalue weighted by Gasteiger charge is 2.26. The van der Waals surface area contributed by atoms with E-state index in [1.54, 1.807) is 7.11 Å². The third-order valence-corrected chi connectivity index (χ3v) is 5.87. The van der Waals surface area contributed by atoms with Crippen molar-refractivity contribution < 1.29 is 19.0 Å². The molecule has 0 saturated carbocycles. The van der Waals surface area contributed by atoms with Crippen LogP contribution in [0.1, 0.15) is 38.0 Å². The summed E-state index contributed by atoms with van der Waals surface area (Å²) in [5.74, 6) is 3.27. The molecule has 0 radical (unpaired) electrons. The lowest BCUT2D eigenvalue weighted by molar-refractivity contribution is 0.0263. The fourth-order valence-electron chi connectivity index (χ4n) is 3.08. The van der Waals surface area contributed by atoms with Crippen LogP contribution in [0.15, 0.2) is 48.5 Å².